The molecule has 2 aromatic heterocycles. The smallest absolute Gasteiger partial charge is 0.287 e. The molecule has 2 rings (SSSR count). The molecule has 0 radical (unpaired) electrons. The van der Waals surface area contributed by atoms with E-state index in [2.05, 4.69) is 17.2 Å². The molecule has 0 bridgehead atoms. The van der Waals surface area contributed by atoms with Crippen molar-refractivity contribution in [2.45, 2.75) is 32.7 Å². The van der Waals surface area contributed by atoms with E-state index in [0.717, 1.165) is 24.2 Å². The highest BCUT2D eigenvalue weighted by atomic mass is 16.3. The molecule has 2 aromatic rings. The summed E-state index contributed by atoms with van der Waals surface area (Å²) in [6.45, 7) is 3.94. The van der Waals surface area contributed by atoms with Gasteiger partial charge in [-0.3, -0.25) is 4.79 Å². The Kier molecular flexibility index (Phi) is 4.04. The number of hydrogen-bond donors (Lipinski definition) is 1. The Morgan fingerprint density at radius 1 is 1.58 bits per heavy atom. The van der Waals surface area contributed by atoms with Gasteiger partial charge in [0.1, 0.15) is 5.82 Å². The zero-order chi connectivity index (χ0) is 13.8. The summed E-state index contributed by atoms with van der Waals surface area (Å²) in [5, 5.41) is 2.99. The van der Waals surface area contributed by atoms with Crippen LogP contribution < -0.4 is 5.32 Å². The van der Waals surface area contributed by atoms with Gasteiger partial charge in [-0.25, -0.2) is 4.98 Å². The predicted molar refractivity (Wildman–Crippen MR) is 71.8 cm³/mol. The molecule has 0 fully saturated rings. The van der Waals surface area contributed by atoms with Crippen molar-refractivity contribution in [3.63, 3.8) is 0 Å². The Bertz CT molecular complexity index is 557. The molecule has 1 amide bonds. The van der Waals surface area contributed by atoms with E-state index in [4.69, 9.17) is 4.42 Å². The molecular weight excluding hydrogens is 242 g/mol. The third kappa shape index (κ3) is 2.86. The summed E-state index contributed by atoms with van der Waals surface area (Å²) in [6, 6.07) is 1.69. The van der Waals surface area contributed by atoms with Gasteiger partial charge in [-0.15, -0.1) is 0 Å². The molecule has 5 heteroatoms. The second-order valence-electron chi connectivity index (χ2n) is 4.64. The number of carbonyl (C=O) groups is 1. The molecule has 0 saturated carbocycles. The van der Waals surface area contributed by atoms with Gasteiger partial charge < -0.3 is 14.3 Å². The lowest BCUT2D eigenvalue weighted by Crippen LogP contribution is -2.30. The van der Waals surface area contributed by atoms with E-state index >= 15 is 0 Å². The van der Waals surface area contributed by atoms with E-state index in [0.29, 0.717) is 5.76 Å². The summed E-state index contributed by atoms with van der Waals surface area (Å²) >= 11 is 0. The van der Waals surface area contributed by atoms with Crippen LogP contribution in [0.2, 0.25) is 0 Å². The number of carbonyl (C=O) groups excluding carboxylic acids is 1. The van der Waals surface area contributed by atoms with E-state index in [1.165, 1.54) is 6.26 Å². The fraction of sp³-hybridized carbons (Fsp3) is 0.429. The maximum atomic E-state index is 12.2. The highest BCUT2D eigenvalue weighted by molar-refractivity contribution is 5.93. The van der Waals surface area contributed by atoms with Crippen molar-refractivity contribution in [3.05, 3.63) is 41.9 Å². The van der Waals surface area contributed by atoms with E-state index in [-0.39, 0.29) is 11.9 Å². The molecule has 2 heterocycles. The molecule has 0 spiro atoms. The van der Waals surface area contributed by atoms with Gasteiger partial charge in [0.25, 0.3) is 5.91 Å². The molecule has 5 nitrogen and oxygen atoms in total. The first-order valence-corrected chi connectivity index (χ1v) is 6.45. The largest absolute Gasteiger partial charge is 0.459 e. The Hall–Kier alpha value is -2.04. The van der Waals surface area contributed by atoms with Gasteiger partial charge in [0, 0.05) is 25.0 Å². The van der Waals surface area contributed by atoms with Crippen LogP contribution in [0.1, 0.15) is 47.7 Å². The topological polar surface area (TPSA) is 60.1 Å². The van der Waals surface area contributed by atoms with Gasteiger partial charge in [-0.05, 0) is 19.4 Å². The van der Waals surface area contributed by atoms with Crippen molar-refractivity contribution in [2.75, 3.05) is 0 Å². The molecule has 0 aliphatic rings. The standard InChI is InChI=1S/C14H19N3O2/c1-4-5-11(13-15-7-8-17(13)3)16-14(18)12-10(2)6-9-19-12/h6-9,11H,4-5H2,1-3H3,(H,16,18). The summed E-state index contributed by atoms with van der Waals surface area (Å²) in [4.78, 5) is 16.5. The number of aromatic nitrogens is 2. The van der Waals surface area contributed by atoms with Gasteiger partial charge in [0.2, 0.25) is 0 Å². The van der Waals surface area contributed by atoms with Crippen molar-refractivity contribution in [3.8, 4) is 0 Å². The van der Waals surface area contributed by atoms with Crippen LogP contribution in [0.25, 0.3) is 0 Å². The Balaban J connectivity index is 2.16. The fourth-order valence-corrected chi connectivity index (χ4v) is 2.10. The minimum absolute atomic E-state index is 0.0954. The molecule has 0 saturated heterocycles. The summed E-state index contributed by atoms with van der Waals surface area (Å²) < 4.78 is 7.14. The van der Waals surface area contributed by atoms with Crippen LogP contribution >= 0.6 is 0 Å². The van der Waals surface area contributed by atoms with E-state index in [9.17, 15) is 4.79 Å². The zero-order valence-electron chi connectivity index (χ0n) is 11.5. The maximum Gasteiger partial charge on any atom is 0.287 e. The highest BCUT2D eigenvalue weighted by Crippen LogP contribution is 2.18. The van der Waals surface area contributed by atoms with Gasteiger partial charge in [-0.2, -0.15) is 0 Å². The van der Waals surface area contributed by atoms with Crippen molar-refractivity contribution in [2.24, 2.45) is 7.05 Å². The van der Waals surface area contributed by atoms with Crippen LogP contribution in [-0.2, 0) is 7.05 Å². The average Bonchev–Trinajstić information content (AvgIpc) is 2.97. The van der Waals surface area contributed by atoms with Gasteiger partial charge in [0.05, 0.1) is 12.3 Å². The predicted octanol–water partition coefficient (Wildman–Crippen LogP) is 2.59. The molecule has 0 aliphatic carbocycles. The van der Waals surface area contributed by atoms with Crippen LogP contribution in [-0.4, -0.2) is 15.5 Å². The molecule has 0 aliphatic heterocycles. The van der Waals surface area contributed by atoms with Crippen molar-refractivity contribution >= 4 is 5.91 Å². The molecular formula is C14H19N3O2. The SMILES string of the molecule is CCCC(NC(=O)c1occc1C)c1nccn1C. The fourth-order valence-electron chi connectivity index (χ4n) is 2.10. The lowest BCUT2D eigenvalue weighted by molar-refractivity contribution is 0.0903. The van der Waals surface area contributed by atoms with Gasteiger partial charge in [0.15, 0.2) is 5.76 Å². The van der Waals surface area contributed by atoms with Crippen LogP contribution in [0.5, 0.6) is 0 Å². The Labute approximate surface area is 112 Å². The quantitative estimate of drug-likeness (QED) is 0.900. The molecule has 1 unspecified atom stereocenters. The van der Waals surface area contributed by atoms with Crippen molar-refractivity contribution in [1.82, 2.24) is 14.9 Å². The minimum Gasteiger partial charge on any atom is -0.459 e. The molecule has 1 atom stereocenters. The first-order chi connectivity index (χ1) is 9.13. The van der Waals surface area contributed by atoms with Gasteiger partial charge >= 0.3 is 0 Å². The second-order valence-corrected chi connectivity index (χ2v) is 4.64. The number of rotatable bonds is 5. The number of hydrogen-bond acceptors (Lipinski definition) is 3. The number of furan rings is 1. The molecule has 19 heavy (non-hydrogen) atoms. The van der Waals surface area contributed by atoms with Crippen LogP contribution in [0.3, 0.4) is 0 Å². The number of amides is 1. The summed E-state index contributed by atoms with van der Waals surface area (Å²) in [5.74, 6) is 1.04. The van der Waals surface area contributed by atoms with Crippen LogP contribution in [0.15, 0.2) is 29.1 Å². The first-order valence-electron chi connectivity index (χ1n) is 6.45. The van der Waals surface area contributed by atoms with Crippen molar-refractivity contribution < 1.29 is 9.21 Å². The van der Waals surface area contributed by atoms with Crippen LogP contribution in [0.4, 0.5) is 0 Å². The van der Waals surface area contributed by atoms with E-state index in [1.54, 1.807) is 12.3 Å². The third-order valence-corrected chi connectivity index (χ3v) is 3.12. The number of nitrogens with one attached hydrogen (secondary N) is 1. The average molecular weight is 261 g/mol. The normalized spacial score (nSPS) is 12.4. The van der Waals surface area contributed by atoms with Crippen molar-refractivity contribution in [1.29, 1.82) is 0 Å². The monoisotopic (exact) mass is 261 g/mol. The highest BCUT2D eigenvalue weighted by Gasteiger charge is 2.21. The summed E-state index contributed by atoms with van der Waals surface area (Å²) in [7, 11) is 1.93. The lowest BCUT2D eigenvalue weighted by atomic mass is 10.1. The summed E-state index contributed by atoms with van der Waals surface area (Å²) in [5.41, 5.74) is 0.840. The Morgan fingerprint density at radius 2 is 2.37 bits per heavy atom. The number of nitrogens with zero attached hydrogens (tertiary/aromatic N) is 2. The second kappa shape index (κ2) is 5.73. The maximum absolute atomic E-state index is 12.2. The summed E-state index contributed by atoms with van der Waals surface area (Å²) in [6.07, 6.45) is 6.95. The number of imidazole rings is 1. The Morgan fingerprint density at radius 3 is 2.89 bits per heavy atom. The van der Waals surface area contributed by atoms with E-state index < -0.39 is 0 Å². The number of aryl methyl sites for hydroxylation is 2. The van der Waals surface area contributed by atoms with Crippen LogP contribution in [0, 0.1) is 6.92 Å². The van der Waals surface area contributed by atoms with Gasteiger partial charge in [-0.1, -0.05) is 13.3 Å². The molecule has 0 aromatic carbocycles. The first kappa shape index (κ1) is 13.4. The lowest BCUT2D eigenvalue weighted by Gasteiger charge is -2.17. The third-order valence-electron chi connectivity index (χ3n) is 3.12. The zero-order valence-corrected chi connectivity index (χ0v) is 11.5. The minimum atomic E-state index is -0.191. The molecule has 102 valence electrons. The molecule has 1 N–H and O–H groups in total. The van der Waals surface area contributed by atoms with E-state index in [1.807, 2.05) is 24.7 Å².